The number of nitrogens with one attached hydrogen (secondary N) is 1. The first-order chi connectivity index (χ1) is 11.5. The predicted octanol–water partition coefficient (Wildman–Crippen LogP) is 1.78. The Balaban J connectivity index is 0.000000224. The molecule has 0 radical (unpaired) electrons. The molecule has 0 saturated carbocycles. The highest BCUT2D eigenvalue weighted by Crippen LogP contribution is 2.33. The van der Waals surface area contributed by atoms with Gasteiger partial charge in [0.2, 0.25) is 0 Å². The van der Waals surface area contributed by atoms with Gasteiger partial charge in [-0.25, -0.2) is 14.6 Å². The molecule has 0 amide bonds. The lowest BCUT2D eigenvalue weighted by atomic mass is 10.1. The molecule has 0 spiro atoms. The molecule has 2 aliphatic heterocycles. The van der Waals surface area contributed by atoms with Crippen LogP contribution in [0, 0.1) is 0 Å². The molecule has 2 bridgehead atoms. The van der Waals surface area contributed by atoms with Crippen LogP contribution in [-0.2, 0) is 9.59 Å². The number of fused-ring (bicyclic) bond motifs is 2. The topological polar surface area (TPSA) is 103 Å². The van der Waals surface area contributed by atoms with Gasteiger partial charge in [0.25, 0.3) is 0 Å². The second-order valence-electron chi connectivity index (χ2n) is 5.63. The molecule has 2 atom stereocenters. The second kappa shape index (κ2) is 8.65. The number of aliphatic carboxylic acids is 2. The maximum atomic E-state index is 9.55. The number of rotatable bonds is 3. The lowest BCUT2D eigenvalue weighted by Gasteiger charge is -2.29. The third-order valence-corrected chi connectivity index (χ3v) is 4.26. The molecule has 0 aromatic carbocycles. The van der Waals surface area contributed by atoms with Crippen molar-refractivity contribution in [3.63, 3.8) is 0 Å². The van der Waals surface area contributed by atoms with Crippen LogP contribution >= 0.6 is 11.6 Å². The summed E-state index contributed by atoms with van der Waals surface area (Å²) >= 11 is 5.83. The van der Waals surface area contributed by atoms with Crippen molar-refractivity contribution in [2.45, 2.75) is 31.3 Å². The Labute approximate surface area is 144 Å². The van der Waals surface area contributed by atoms with Crippen LogP contribution in [0.3, 0.4) is 0 Å². The van der Waals surface area contributed by atoms with Gasteiger partial charge in [-0.05, 0) is 37.9 Å². The van der Waals surface area contributed by atoms with Crippen LogP contribution in [0.5, 0.6) is 0 Å². The largest absolute Gasteiger partial charge is 0.478 e. The average Bonchev–Trinajstić information content (AvgIpc) is 2.80. The number of carboxylic acid groups (broad SMARTS) is 2. The lowest BCUT2D eigenvalue weighted by molar-refractivity contribution is -0.134. The number of anilines is 1. The van der Waals surface area contributed by atoms with Crippen LogP contribution in [0.1, 0.15) is 19.3 Å². The van der Waals surface area contributed by atoms with Crippen LogP contribution in [-0.4, -0.2) is 52.3 Å². The zero-order valence-corrected chi connectivity index (χ0v) is 13.8. The Morgan fingerprint density at radius 1 is 1.17 bits per heavy atom. The molecule has 24 heavy (non-hydrogen) atoms. The molecule has 3 rings (SSSR count). The summed E-state index contributed by atoms with van der Waals surface area (Å²) in [5.41, 5.74) is 1.22. The molecule has 1 aromatic heterocycles. The molecule has 2 unspecified atom stereocenters. The third kappa shape index (κ3) is 5.21. The molecule has 2 fully saturated rings. The fraction of sp³-hybridized carbons (Fsp3) is 0.438. The number of hydrogen-bond acceptors (Lipinski definition) is 5. The van der Waals surface area contributed by atoms with Crippen molar-refractivity contribution in [1.82, 2.24) is 10.3 Å². The third-order valence-electron chi connectivity index (χ3n) is 4.03. The predicted molar refractivity (Wildman–Crippen MR) is 90.4 cm³/mol. The minimum atomic E-state index is -1.26. The smallest absolute Gasteiger partial charge is 0.328 e. The first-order valence-corrected chi connectivity index (χ1v) is 8.09. The number of nitrogens with zero attached hydrogens (tertiary/aromatic N) is 2. The van der Waals surface area contributed by atoms with Gasteiger partial charge in [0.15, 0.2) is 0 Å². The fourth-order valence-electron chi connectivity index (χ4n) is 3.07. The van der Waals surface area contributed by atoms with E-state index in [0.717, 1.165) is 13.1 Å². The summed E-state index contributed by atoms with van der Waals surface area (Å²) in [6.45, 7) is 2.23. The molecule has 7 nitrogen and oxygen atoms in total. The molecular weight excluding hydrogens is 334 g/mol. The van der Waals surface area contributed by atoms with Crippen LogP contribution in [0.15, 0.2) is 30.5 Å². The first-order valence-electron chi connectivity index (χ1n) is 7.72. The molecular formula is C16H20ClN3O4. The minimum Gasteiger partial charge on any atom is -0.478 e. The lowest BCUT2D eigenvalue weighted by Crippen LogP contribution is -2.38. The molecule has 130 valence electrons. The summed E-state index contributed by atoms with van der Waals surface area (Å²) in [5.74, 6) is -2.51. The monoisotopic (exact) mass is 353 g/mol. The Morgan fingerprint density at radius 3 is 2.42 bits per heavy atom. The van der Waals surface area contributed by atoms with Gasteiger partial charge < -0.3 is 20.4 Å². The van der Waals surface area contributed by atoms with Gasteiger partial charge >= 0.3 is 11.9 Å². The molecule has 2 saturated heterocycles. The SMILES string of the molecule is Clc1ccc(N2C3CCNCC2CC3)cn1.O=C(O)C=CC(=O)O. The van der Waals surface area contributed by atoms with Crippen molar-refractivity contribution in [2.24, 2.45) is 0 Å². The van der Waals surface area contributed by atoms with E-state index in [2.05, 4.69) is 21.3 Å². The van der Waals surface area contributed by atoms with Gasteiger partial charge in [-0.1, -0.05) is 11.6 Å². The zero-order valence-electron chi connectivity index (χ0n) is 13.1. The van der Waals surface area contributed by atoms with E-state index in [1.807, 2.05) is 12.3 Å². The van der Waals surface area contributed by atoms with Crippen LogP contribution in [0.2, 0.25) is 5.15 Å². The number of carboxylic acids is 2. The highest BCUT2D eigenvalue weighted by Gasteiger charge is 2.34. The standard InChI is InChI=1S/C12H16ClN3.C4H4O4/c13-12-4-3-11(8-15-12)16-9-1-2-10(16)7-14-6-5-9;5-3(6)1-2-4(7)8/h3-4,8-10,14H,1-2,5-7H2;1-2H,(H,5,6)(H,7,8). The van der Waals surface area contributed by atoms with Gasteiger partial charge in [-0.3, -0.25) is 0 Å². The summed E-state index contributed by atoms with van der Waals surface area (Å²) in [7, 11) is 0. The van der Waals surface area contributed by atoms with Crippen LogP contribution < -0.4 is 10.2 Å². The van der Waals surface area contributed by atoms with Gasteiger partial charge in [0.05, 0.1) is 11.9 Å². The Kier molecular flexibility index (Phi) is 6.57. The summed E-state index contributed by atoms with van der Waals surface area (Å²) < 4.78 is 0. The van der Waals surface area contributed by atoms with Crippen molar-refractivity contribution in [3.8, 4) is 0 Å². The van der Waals surface area contributed by atoms with Crippen molar-refractivity contribution in [1.29, 1.82) is 0 Å². The zero-order chi connectivity index (χ0) is 17.5. The Bertz CT molecular complexity index is 576. The highest BCUT2D eigenvalue weighted by molar-refractivity contribution is 6.29. The molecule has 0 aliphatic carbocycles. The van der Waals surface area contributed by atoms with E-state index in [0.29, 0.717) is 29.4 Å². The van der Waals surface area contributed by atoms with E-state index >= 15 is 0 Å². The van der Waals surface area contributed by atoms with Gasteiger partial charge in [-0.2, -0.15) is 0 Å². The maximum Gasteiger partial charge on any atom is 0.328 e. The van der Waals surface area contributed by atoms with E-state index in [-0.39, 0.29) is 0 Å². The van der Waals surface area contributed by atoms with Crippen molar-refractivity contribution in [2.75, 3.05) is 18.0 Å². The Hall–Kier alpha value is -2.12. The van der Waals surface area contributed by atoms with E-state index < -0.39 is 11.9 Å². The highest BCUT2D eigenvalue weighted by atomic mass is 35.5. The molecule has 3 heterocycles. The molecule has 8 heteroatoms. The van der Waals surface area contributed by atoms with E-state index in [1.165, 1.54) is 24.9 Å². The summed E-state index contributed by atoms with van der Waals surface area (Å²) in [4.78, 5) is 25.8. The van der Waals surface area contributed by atoms with Crippen LogP contribution in [0.4, 0.5) is 5.69 Å². The number of halogens is 1. The Morgan fingerprint density at radius 2 is 1.83 bits per heavy atom. The molecule has 1 aromatic rings. The second-order valence-corrected chi connectivity index (χ2v) is 6.02. The number of pyridine rings is 1. The van der Waals surface area contributed by atoms with Gasteiger partial charge in [0.1, 0.15) is 5.15 Å². The van der Waals surface area contributed by atoms with Gasteiger partial charge in [0, 0.05) is 30.8 Å². The van der Waals surface area contributed by atoms with Crippen molar-refractivity contribution < 1.29 is 19.8 Å². The summed E-state index contributed by atoms with van der Waals surface area (Å²) in [6.07, 6.45) is 6.86. The summed E-state index contributed by atoms with van der Waals surface area (Å²) in [5, 5.41) is 19.7. The average molecular weight is 354 g/mol. The minimum absolute atomic E-state index is 0.558. The van der Waals surface area contributed by atoms with E-state index in [1.54, 1.807) is 0 Å². The van der Waals surface area contributed by atoms with Crippen molar-refractivity contribution in [3.05, 3.63) is 35.6 Å². The number of hydrogen-bond donors (Lipinski definition) is 3. The summed E-state index contributed by atoms with van der Waals surface area (Å²) in [6, 6.07) is 5.29. The normalized spacial score (nSPS) is 22.6. The van der Waals surface area contributed by atoms with E-state index in [4.69, 9.17) is 21.8 Å². The quantitative estimate of drug-likeness (QED) is 0.562. The van der Waals surface area contributed by atoms with Crippen LogP contribution in [0.25, 0.3) is 0 Å². The van der Waals surface area contributed by atoms with E-state index in [9.17, 15) is 9.59 Å². The number of carbonyl (C=O) groups is 2. The molecule has 2 aliphatic rings. The first kappa shape index (κ1) is 18.2. The fourth-order valence-corrected chi connectivity index (χ4v) is 3.18. The molecule has 3 N–H and O–H groups in total. The number of aromatic nitrogens is 1. The van der Waals surface area contributed by atoms with Crippen molar-refractivity contribution >= 4 is 29.2 Å². The van der Waals surface area contributed by atoms with Gasteiger partial charge in [-0.15, -0.1) is 0 Å². The maximum absolute atomic E-state index is 9.55.